The number of nitrogens with one attached hydrogen (secondary N) is 2. The third kappa shape index (κ3) is 12.2. The number of esters is 1. The number of carbonyl (C=O) groups excluding carboxylic acids is 4. The minimum absolute atomic E-state index is 0.00140. The zero-order valence-electron chi connectivity index (χ0n) is 24.5. The Labute approximate surface area is 233 Å². The number of hydrogen-bond donors (Lipinski definition) is 2. The van der Waals surface area contributed by atoms with E-state index in [0.717, 1.165) is 6.42 Å². The average Bonchev–Trinajstić information content (AvgIpc) is 2.84. The second kappa shape index (κ2) is 16.4. The standard InChI is InChI=1S/C30H45N3O6/c1-9-12-19-33(28(36)24(20-21(4)5)32-29(37)39-30(6,7)8)26(23-15-13-22(10-2)14-16-23)27(35)31-18-17-25(34)38-11-3/h2,13-16,21,24,26H,9,11-12,17-20H2,1,3-8H3,(H,31,35)(H,32,37). The van der Waals surface area contributed by atoms with Crippen LogP contribution in [0.25, 0.3) is 0 Å². The van der Waals surface area contributed by atoms with Crippen molar-refractivity contribution in [1.29, 1.82) is 0 Å². The summed E-state index contributed by atoms with van der Waals surface area (Å²) in [6, 6.07) is 4.94. The molecule has 3 amide bonds. The Balaban J connectivity index is 3.42. The van der Waals surface area contributed by atoms with Crippen LogP contribution >= 0.6 is 0 Å². The average molecular weight is 544 g/mol. The van der Waals surface area contributed by atoms with Gasteiger partial charge in [0, 0.05) is 18.7 Å². The molecule has 1 aromatic rings. The SMILES string of the molecule is C#Cc1ccc(C(C(=O)NCCC(=O)OCC)N(CCCC)C(=O)C(CC(C)C)NC(=O)OC(C)(C)C)cc1. The fourth-order valence-corrected chi connectivity index (χ4v) is 3.89. The Morgan fingerprint density at radius 3 is 2.23 bits per heavy atom. The van der Waals surface area contributed by atoms with Crippen molar-refractivity contribution in [3.05, 3.63) is 35.4 Å². The van der Waals surface area contributed by atoms with Crippen molar-refractivity contribution in [2.24, 2.45) is 5.92 Å². The van der Waals surface area contributed by atoms with E-state index < -0.39 is 41.6 Å². The lowest BCUT2D eigenvalue weighted by Gasteiger charge is -2.35. The van der Waals surface area contributed by atoms with Gasteiger partial charge in [0.2, 0.25) is 11.8 Å². The first-order valence-electron chi connectivity index (χ1n) is 13.6. The van der Waals surface area contributed by atoms with Crippen molar-refractivity contribution in [2.45, 2.75) is 91.8 Å². The lowest BCUT2D eigenvalue weighted by Crippen LogP contribution is -2.53. The van der Waals surface area contributed by atoms with Crippen LogP contribution in [0.15, 0.2) is 24.3 Å². The summed E-state index contributed by atoms with van der Waals surface area (Å²) in [6.45, 7) is 13.4. The van der Waals surface area contributed by atoms with Crippen LogP contribution in [0.1, 0.15) is 91.3 Å². The van der Waals surface area contributed by atoms with E-state index in [-0.39, 0.29) is 32.0 Å². The minimum Gasteiger partial charge on any atom is -0.466 e. The Morgan fingerprint density at radius 1 is 1.08 bits per heavy atom. The van der Waals surface area contributed by atoms with E-state index in [2.05, 4.69) is 16.6 Å². The predicted molar refractivity (Wildman–Crippen MR) is 151 cm³/mol. The molecule has 0 aliphatic heterocycles. The van der Waals surface area contributed by atoms with Crippen molar-refractivity contribution in [1.82, 2.24) is 15.5 Å². The van der Waals surface area contributed by atoms with Gasteiger partial charge < -0.3 is 25.0 Å². The first kappa shape index (κ1) is 33.5. The fraction of sp³-hybridized carbons (Fsp3) is 0.600. The molecule has 0 saturated carbocycles. The van der Waals surface area contributed by atoms with Crippen LogP contribution in [-0.2, 0) is 23.9 Å². The van der Waals surface area contributed by atoms with Crippen molar-refractivity contribution < 1.29 is 28.7 Å². The zero-order chi connectivity index (χ0) is 29.6. The normalized spacial score (nSPS) is 12.6. The lowest BCUT2D eigenvalue weighted by atomic mass is 9.98. The summed E-state index contributed by atoms with van der Waals surface area (Å²) in [5, 5.41) is 5.50. The summed E-state index contributed by atoms with van der Waals surface area (Å²) in [4.78, 5) is 53.6. The summed E-state index contributed by atoms with van der Waals surface area (Å²) in [7, 11) is 0. The maximum Gasteiger partial charge on any atom is 0.408 e. The second-order valence-corrected chi connectivity index (χ2v) is 10.7. The molecule has 0 spiro atoms. The highest BCUT2D eigenvalue weighted by Crippen LogP contribution is 2.25. The van der Waals surface area contributed by atoms with Gasteiger partial charge in [0.15, 0.2) is 0 Å². The van der Waals surface area contributed by atoms with Gasteiger partial charge in [-0.2, -0.15) is 0 Å². The minimum atomic E-state index is -1.01. The van der Waals surface area contributed by atoms with E-state index in [1.165, 1.54) is 4.90 Å². The van der Waals surface area contributed by atoms with Crippen LogP contribution in [0.2, 0.25) is 0 Å². The second-order valence-electron chi connectivity index (χ2n) is 10.7. The van der Waals surface area contributed by atoms with Gasteiger partial charge in [-0.1, -0.05) is 45.2 Å². The van der Waals surface area contributed by atoms with Crippen molar-refractivity contribution in [3.63, 3.8) is 0 Å². The van der Waals surface area contributed by atoms with Crippen LogP contribution in [-0.4, -0.2) is 60.1 Å². The van der Waals surface area contributed by atoms with E-state index in [4.69, 9.17) is 15.9 Å². The smallest absolute Gasteiger partial charge is 0.408 e. The van der Waals surface area contributed by atoms with Crippen LogP contribution in [0.3, 0.4) is 0 Å². The molecule has 39 heavy (non-hydrogen) atoms. The maximum atomic E-state index is 14.1. The largest absolute Gasteiger partial charge is 0.466 e. The topological polar surface area (TPSA) is 114 Å². The predicted octanol–water partition coefficient (Wildman–Crippen LogP) is 4.35. The molecule has 1 rings (SSSR count). The summed E-state index contributed by atoms with van der Waals surface area (Å²) in [5.74, 6) is 1.36. The number of benzene rings is 1. The monoisotopic (exact) mass is 543 g/mol. The summed E-state index contributed by atoms with van der Waals surface area (Å²) >= 11 is 0. The molecule has 0 heterocycles. The van der Waals surface area contributed by atoms with Gasteiger partial charge in [-0.3, -0.25) is 14.4 Å². The molecule has 0 aliphatic carbocycles. The number of rotatable bonds is 14. The molecule has 2 N–H and O–H groups in total. The Bertz CT molecular complexity index is 991. The van der Waals surface area contributed by atoms with Crippen molar-refractivity contribution >= 4 is 23.9 Å². The van der Waals surface area contributed by atoms with E-state index >= 15 is 0 Å². The maximum absolute atomic E-state index is 14.1. The molecule has 9 heteroatoms. The highest BCUT2D eigenvalue weighted by Gasteiger charge is 2.36. The molecule has 1 aromatic carbocycles. The molecule has 0 fully saturated rings. The first-order valence-corrected chi connectivity index (χ1v) is 13.6. The molecule has 0 saturated heterocycles. The number of unbranched alkanes of at least 4 members (excludes halogenated alkanes) is 1. The summed E-state index contributed by atoms with van der Waals surface area (Å²) < 4.78 is 10.4. The molecule has 2 unspecified atom stereocenters. The number of terminal acetylenes is 1. The van der Waals surface area contributed by atoms with E-state index in [1.807, 2.05) is 20.8 Å². The third-order valence-electron chi connectivity index (χ3n) is 5.62. The number of carbonyl (C=O) groups is 4. The zero-order valence-corrected chi connectivity index (χ0v) is 24.5. The summed E-state index contributed by atoms with van der Waals surface area (Å²) in [6.07, 6.45) is 6.59. The van der Waals surface area contributed by atoms with Crippen LogP contribution < -0.4 is 10.6 Å². The van der Waals surface area contributed by atoms with Gasteiger partial charge in [0.1, 0.15) is 17.7 Å². The number of hydrogen-bond acceptors (Lipinski definition) is 6. The molecule has 216 valence electrons. The molecule has 0 bridgehead atoms. The number of nitrogens with zero attached hydrogens (tertiary/aromatic N) is 1. The first-order chi connectivity index (χ1) is 18.3. The van der Waals surface area contributed by atoms with Crippen LogP contribution in [0.4, 0.5) is 4.79 Å². The molecule has 0 radical (unpaired) electrons. The van der Waals surface area contributed by atoms with E-state index in [1.54, 1.807) is 52.0 Å². The molecule has 0 aromatic heterocycles. The molecular weight excluding hydrogens is 498 g/mol. The number of alkyl carbamates (subject to hydrolysis) is 1. The van der Waals surface area contributed by atoms with Crippen molar-refractivity contribution in [3.8, 4) is 12.3 Å². The van der Waals surface area contributed by atoms with Crippen molar-refractivity contribution in [2.75, 3.05) is 19.7 Å². The van der Waals surface area contributed by atoms with E-state index in [0.29, 0.717) is 24.0 Å². The van der Waals surface area contributed by atoms with Crippen LogP contribution in [0.5, 0.6) is 0 Å². The number of ether oxygens (including phenoxy) is 2. The van der Waals surface area contributed by atoms with Gasteiger partial charge in [-0.25, -0.2) is 4.79 Å². The summed E-state index contributed by atoms with van der Waals surface area (Å²) in [5.41, 5.74) is 0.459. The van der Waals surface area contributed by atoms with E-state index in [9.17, 15) is 19.2 Å². The quantitative estimate of drug-likeness (QED) is 0.266. The third-order valence-corrected chi connectivity index (χ3v) is 5.62. The van der Waals surface area contributed by atoms with Gasteiger partial charge in [0.25, 0.3) is 0 Å². The fourth-order valence-electron chi connectivity index (χ4n) is 3.89. The number of amides is 3. The molecule has 0 aliphatic rings. The Kier molecular flexibility index (Phi) is 14.1. The van der Waals surface area contributed by atoms with Gasteiger partial charge >= 0.3 is 12.1 Å². The molecule has 2 atom stereocenters. The molecular formula is C30H45N3O6. The lowest BCUT2D eigenvalue weighted by molar-refractivity contribution is -0.144. The van der Waals surface area contributed by atoms with Gasteiger partial charge in [-0.15, -0.1) is 6.42 Å². The van der Waals surface area contributed by atoms with Gasteiger partial charge in [-0.05, 0) is 64.2 Å². The van der Waals surface area contributed by atoms with Gasteiger partial charge in [0.05, 0.1) is 13.0 Å². The highest BCUT2D eigenvalue weighted by atomic mass is 16.6. The molecule has 9 nitrogen and oxygen atoms in total. The highest BCUT2D eigenvalue weighted by molar-refractivity contribution is 5.92. The Hall–Kier alpha value is -3.54. The Morgan fingerprint density at radius 2 is 1.72 bits per heavy atom. The van der Waals surface area contributed by atoms with Crippen LogP contribution in [0, 0.1) is 18.3 Å².